The van der Waals surface area contributed by atoms with E-state index in [0.717, 1.165) is 12.1 Å². The van der Waals surface area contributed by atoms with Crippen LogP contribution in [0.1, 0.15) is 12.5 Å². The van der Waals surface area contributed by atoms with Gasteiger partial charge in [0, 0.05) is 18.8 Å². The van der Waals surface area contributed by atoms with Gasteiger partial charge in [0.15, 0.2) is 11.6 Å². The van der Waals surface area contributed by atoms with Crippen LogP contribution in [-0.2, 0) is 0 Å². The number of benzene rings is 1. The monoisotopic (exact) mass is 246 g/mol. The molecular formula is C14H15FN2O. The summed E-state index contributed by atoms with van der Waals surface area (Å²) in [6.45, 7) is 4.65. The van der Waals surface area contributed by atoms with Gasteiger partial charge in [0.05, 0.1) is 0 Å². The fourth-order valence-corrected chi connectivity index (χ4v) is 1.57. The minimum Gasteiger partial charge on any atom is -0.454 e. The van der Waals surface area contributed by atoms with E-state index in [9.17, 15) is 4.39 Å². The van der Waals surface area contributed by atoms with Crippen molar-refractivity contribution in [3.8, 4) is 11.5 Å². The lowest BCUT2D eigenvalue weighted by molar-refractivity contribution is 0.441. The fourth-order valence-electron chi connectivity index (χ4n) is 1.57. The average molecular weight is 246 g/mol. The van der Waals surface area contributed by atoms with Gasteiger partial charge in [-0.1, -0.05) is 6.07 Å². The normalized spacial score (nSPS) is 10.2. The Kier molecular flexibility index (Phi) is 3.77. The Morgan fingerprint density at radius 1 is 1.28 bits per heavy atom. The van der Waals surface area contributed by atoms with Crippen molar-refractivity contribution in [2.75, 3.05) is 11.9 Å². The van der Waals surface area contributed by atoms with E-state index in [4.69, 9.17) is 4.74 Å². The zero-order valence-corrected chi connectivity index (χ0v) is 10.4. The lowest BCUT2D eigenvalue weighted by Crippen LogP contribution is -1.99. The average Bonchev–Trinajstić information content (AvgIpc) is 2.35. The summed E-state index contributed by atoms with van der Waals surface area (Å²) in [6.07, 6.45) is 1.63. The third kappa shape index (κ3) is 2.97. The molecule has 1 aromatic heterocycles. The van der Waals surface area contributed by atoms with Crippen molar-refractivity contribution in [1.82, 2.24) is 4.98 Å². The summed E-state index contributed by atoms with van der Waals surface area (Å²) in [7, 11) is 0. The molecule has 0 bridgehead atoms. The first-order chi connectivity index (χ1) is 8.69. The molecule has 94 valence electrons. The summed E-state index contributed by atoms with van der Waals surface area (Å²) in [6, 6.07) is 8.21. The van der Waals surface area contributed by atoms with E-state index in [-0.39, 0.29) is 11.6 Å². The summed E-state index contributed by atoms with van der Waals surface area (Å²) >= 11 is 0. The molecule has 0 spiro atoms. The third-order valence-corrected chi connectivity index (χ3v) is 2.40. The zero-order valence-electron chi connectivity index (χ0n) is 10.4. The molecule has 0 radical (unpaired) electrons. The van der Waals surface area contributed by atoms with Crippen molar-refractivity contribution in [1.29, 1.82) is 0 Å². The summed E-state index contributed by atoms with van der Waals surface area (Å²) in [5.41, 5.74) is 0.951. The molecule has 0 saturated heterocycles. The highest BCUT2D eigenvalue weighted by atomic mass is 19.1. The number of pyridine rings is 1. The van der Waals surface area contributed by atoms with Gasteiger partial charge in [0.1, 0.15) is 11.6 Å². The van der Waals surface area contributed by atoms with Crippen LogP contribution in [0.4, 0.5) is 10.2 Å². The van der Waals surface area contributed by atoms with Crippen molar-refractivity contribution >= 4 is 5.82 Å². The fraction of sp³-hybridized carbons (Fsp3) is 0.214. The number of aryl methyl sites for hydroxylation is 1. The van der Waals surface area contributed by atoms with Crippen LogP contribution in [0.15, 0.2) is 36.5 Å². The molecule has 0 aliphatic heterocycles. The van der Waals surface area contributed by atoms with Gasteiger partial charge in [-0.25, -0.2) is 9.37 Å². The number of halogens is 1. The Balaban J connectivity index is 2.22. The van der Waals surface area contributed by atoms with Crippen molar-refractivity contribution in [3.63, 3.8) is 0 Å². The maximum Gasteiger partial charge on any atom is 0.165 e. The van der Waals surface area contributed by atoms with Gasteiger partial charge in [-0.05, 0) is 37.6 Å². The minimum atomic E-state index is -0.373. The molecule has 0 fully saturated rings. The van der Waals surface area contributed by atoms with E-state index < -0.39 is 0 Å². The third-order valence-electron chi connectivity index (χ3n) is 2.40. The molecule has 1 heterocycles. The number of nitrogens with one attached hydrogen (secondary N) is 1. The highest BCUT2D eigenvalue weighted by Crippen LogP contribution is 2.26. The van der Waals surface area contributed by atoms with Gasteiger partial charge < -0.3 is 10.1 Å². The Morgan fingerprint density at radius 2 is 2.11 bits per heavy atom. The van der Waals surface area contributed by atoms with Gasteiger partial charge in [0.2, 0.25) is 0 Å². The molecule has 1 aromatic carbocycles. The van der Waals surface area contributed by atoms with Crippen LogP contribution >= 0.6 is 0 Å². The number of nitrogens with zero attached hydrogens (tertiary/aromatic N) is 1. The van der Waals surface area contributed by atoms with E-state index in [1.54, 1.807) is 30.5 Å². The predicted octanol–water partition coefficient (Wildman–Crippen LogP) is 3.75. The largest absolute Gasteiger partial charge is 0.454 e. The molecule has 18 heavy (non-hydrogen) atoms. The lowest BCUT2D eigenvalue weighted by atomic mass is 10.2. The standard InChI is InChI=1S/C14H15FN2O/c1-3-16-14-9-11(6-7-17-14)18-13-8-10(2)4-5-12(13)15/h4-9H,3H2,1-2H3,(H,16,17). The second-order valence-electron chi connectivity index (χ2n) is 3.94. The van der Waals surface area contributed by atoms with Crippen LogP contribution in [0.25, 0.3) is 0 Å². The van der Waals surface area contributed by atoms with Gasteiger partial charge in [0.25, 0.3) is 0 Å². The summed E-state index contributed by atoms with van der Waals surface area (Å²) < 4.78 is 19.1. The smallest absolute Gasteiger partial charge is 0.165 e. The number of hydrogen-bond donors (Lipinski definition) is 1. The van der Waals surface area contributed by atoms with Crippen molar-refractivity contribution in [2.45, 2.75) is 13.8 Å². The maximum atomic E-state index is 13.5. The van der Waals surface area contributed by atoms with E-state index >= 15 is 0 Å². The maximum absolute atomic E-state index is 13.5. The van der Waals surface area contributed by atoms with Crippen LogP contribution in [0, 0.1) is 12.7 Å². The Labute approximate surface area is 106 Å². The molecule has 3 nitrogen and oxygen atoms in total. The molecule has 2 rings (SSSR count). The lowest BCUT2D eigenvalue weighted by Gasteiger charge is -2.09. The molecule has 0 amide bonds. The van der Waals surface area contributed by atoms with E-state index in [2.05, 4.69) is 10.3 Å². The Bertz CT molecular complexity index is 543. The van der Waals surface area contributed by atoms with E-state index in [0.29, 0.717) is 11.6 Å². The van der Waals surface area contributed by atoms with Gasteiger partial charge in [-0.15, -0.1) is 0 Å². The topological polar surface area (TPSA) is 34.1 Å². The molecular weight excluding hydrogens is 231 g/mol. The highest BCUT2D eigenvalue weighted by Gasteiger charge is 2.05. The summed E-state index contributed by atoms with van der Waals surface area (Å²) in [5.74, 6) is 1.12. The molecule has 4 heteroatoms. The first kappa shape index (κ1) is 12.4. The zero-order chi connectivity index (χ0) is 13.0. The van der Waals surface area contributed by atoms with E-state index in [1.165, 1.54) is 6.07 Å². The number of aromatic nitrogens is 1. The van der Waals surface area contributed by atoms with Gasteiger partial charge in [-0.2, -0.15) is 0 Å². The number of hydrogen-bond acceptors (Lipinski definition) is 3. The predicted molar refractivity (Wildman–Crippen MR) is 69.6 cm³/mol. The van der Waals surface area contributed by atoms with Crippen molar-refractivity contribution in [2.24, 2.45) is 0 Å². The van der Waals surface area contributed by atoms with Crippen LogP contribution in [0.3, 0.4) is 0 Å². The Morgan fingerprint density at radius 3 is 2.89 bits per heavy atom. The molecule has 0 aliphatic carbocycles. The number of anilines is 1. The van der Waals surface area contributed by atoms with Gasteiger partial charge >= 0.3 is 0 Å². The quantitative estimate of drug-likeness (QED) is 0.892. The van der Waals surface area contributed by atoms with Crippen LogP contribution in [0.2, 0.25) is 0 Å². The van der Waals surface area contributed by atoms with Crippen LogP contribution in [0.5, 0.6) is 11.5 Å². The molecule has 2 aromatic rings. The molecule has 1 N–H and O–H groups in total. The molecule has 0 atom stereocenters. The van der Waals surface area contributed by atoms with Crippen molar-refractivity contribution < 1.29 is 9.13 Å². The first-order valence-electron chi connectivity index (χ1n) is 5.83. The van der Waals surface area contributed by atoms with Crippen LogP contribution < -0.4 is 10.1 Å². The second-order valence-corrected chi connectivity index (χ2v) is 3.94. The van der Waals surface area contributed by atoms with Crippen molar-refractivity contribution in [3.05, 3.63) is 47.9 Å². The minimum absolute atomic E-state index is 0.226. The number of ether oxygens (including phenoxy) is 1. The second kappa shape index (κ2) is 5.49. The van der Waals surface area contributed by atoms with Gasteiger partial charge in [-0.3, -0.25) is 0 Å². The SMILES string of the molecule is CCNc1cc(Oc2cc(C)ccc2F)ccn1. The van der Waals surface area contributed by atoms with E-state index in [1.807, 2.05) is 13.8 Å². The summed E-state index contributed by atoms with van der Waals surface area (Å²) in [4.78, 5) is 4.13. The molecule has 0 aliphatic rings. The summed E-state index contributed by atoms with van der Waals surface area (Å²) in [5, 5.41) is 3.07. The Hall–Kier alpha value is -2.10. The highest BCUT2D eigenvalue weighted by molar-refractivity contribution is 5.43. The molecule has 0 saturated carbocycles. The first-order valence-corrected chi connectivity index (χ1v) is 5.83. The molecule has 0 unspecified atom stereocenters. The van der Waals surface area contributed by atoms with Crippen LogP contribution in [-0.4, -0.2) is 11.5 Å². The number of rotatable bonds is 4.